The Labute approximate surface area is 372 Å². The molecule has 6 amide bonds. The first-order chi connectivity index (χ1) is 29.7. The minimum absolute atomic E-state index is 0.0472. The van der Waals surface area contributed by atoms with Gasteiger partial charge in [-0.05, 0) is 62.1 Å². The Hall–Kier alpha value is -5.25. The number of nitrogens with zero attached hydrogens (tertiary/aromatic N) is 3. The fourth-order valence-corrected chi connectivity index (χ4v) is 7.65. The van der Waals surface area contributed by atoms with Gasteiger partial charge in [-0.1, -0.05) is 51.8 Å². The Kier molecular flexibility index (Phi) is 19.8. The quantitative estimate of drug-likeness (QED) is 0.0465. The van der Waals surface area contributed by atoms with Gasteiger partial charge in [0.2, 0.25) is 29.5 Å². The average Bonchev–Trinajstić information content (AvgIpc) is 3.24. The van der Waals surface area contributed by atoms with Crippen molar-refractivity contribution in [1.82, 2.24) is 31.1 Å². The van der Waals surface area contributed by atoms with E-state index in [-0.39, 0.29) is 49.6 Å². The van der Waals surface area contributed by atoms with Crippen LogP contribution in [0, 0.1) is 11.8 Å². The summed E-state index contributed by atoms with van der Waals surface area (Å²) in [5.41, 5.74) is 11.5. The number of fused-ring (bicyclic) bond motifs is 2. The van der Waals surface area contributed by atoms with E-state index in [1.165, 1.54) is 38.0 Å². The molecule has 21 nitrogen and oxygen atoms in total. The van der Waals surface area contributed by atoms with Crippen molar-refractivity contribution in [2.24, 2.45) is 28.3 Å². The standard InChI is InChI=1S/C41H64ClN9O12/c1-9-21(4)33-39(59)50(6)27(18-23-12-14-29(61-7)24(42)17-23)35(55)48-31(20(2)3)40(60)63-22(5)32(49-36(56)28(53)19-52)37(57)46-25(11-10-16-45-41(43)44)34(54)47-26-13-15-30(62-8)51(33)38(26)58/h12,14,17,20-22,25-28,30-33,52-53H,9-11,13,15-16,18-19H2,1-8H3,(H,46,57)(H,47,54)(H,48,55)(H,49,56)(H4,43,44,45)/t21-,22+,25-,26-,27-,28+,30+,31-,32?,33-/m0/s1. The summed E-state index contributed by atoms with van der Waals surface area (Å²) >= 11 is 6.47. The maximum atomic E-state index is 15.0. The van der Waals surface area contributed by atoms with Crippen molar-refractivity contribution >= 4 is 59.0 Å². The zero-order chi connectivity index (χ0) is 47.3. The highest BCUT2D eigenvalue weighted by Gasteiger charge is 2.47. The van der Waals surface area contributed by atoms with E-state index in [9.17, 15) is 43.8 Å². The molecule has 1 unspecified atom stereocenters. The number of methoxy groups -OCH3 is 2. The van der Waals surface area contributed by atoms with E-state index in [2.05, 4.69) is 26.3 Å². The van der Waals surface area contributed by atoms with Crippen LogP contribution in [-0.4, -0.2) is 156 Å². The molecule has 1 aromatic carbocycles. The van der Waals surface area contributed by atoms with Crippen LogP contribution < -0.4 is 37.5 Å². The summed E-state index contributed by atoms with van der Waals surface area (Å²) in [7, 11) is 4.24. The normalized spacial score (nSPS) is 26.5. The zero-order valence-electron chi connectivity index (χ0n) is 37.1. The smallest absolute Gasteiger partial charge is 0.329 e. The summed E-state index contributed by atoms with van der Waals surface area (Å²) < 4.78 is 16.8. The first-order valence-corrected chi connectivity index (χ1v) is 21.3. The average molecular weight is 910 g/mol. The van der Waals surface area contributed by atoms with Gasteiger partial charge in [-0.25, -0.2) is 4.79 Å². The summed E-state index contributed by atoms with van der Waals surface area (Å²) in [6.45, 7) is 7.15. The van der Waals surface area contributed by atoms with Gasteiger partial charge in [0.25, 0.3) is 5.91 Å². The number of aliphatic hydroxyl groups excluding tert-OH is 2. The van der Waals surface area contributed by atoms with Gasteiger partial charge in [-0.3, -0.25) is 33.8 Å². The fraction of sp³-hybridized carbons (Fsp3) is 0.659. The van der Waals surface area contributed by atoms with Gasteiger partial charge < -0.3 is 67.0 Å². The Morgan fingerprint density at radius 1 is 1.03 bits per heavy atom. The molecule has 2 saturated heterocycles. The molecule has 10 atom stereocenters. The molecule has 2 bridgehead atoms. The predicted octanol–water partition coefficient (Wildman–Crippen LogP) is -1.32. The van der Waals surface area contributed by atoms with Crippen molar-refractivity contribution in [2.75, 3.05) is 34.4 Å². The maximum Gasteiger partial charge on any atom is 0.329 e. The summed E-state index contributed by atoms with van der Waals surface area (Å²) in [5.74, 6) is -7.16. The molecule has 0 saturated carbocycles. The number of aliphatic imine (C=N–C) groups is 1. The third kappa shape index (κ3) is 13.6. The van der Waals surface area contributed by atoms with Gasteiger partial charge in [0.1, 0.15) is 54.3 Å². The number of benzene rings is 1. The highest BCUT2D eigenvalue weighted by molar-refractivity contribution is 6.32. The maximum absolute atomic E-state index is 15.0. The molecule has 3 rings (SSSR count). The van der Waals surface area contributed by atoms with Crippen LogP contribution in [0.25, 0.3) is 0 Å². The number of aliphatic hydroxyl groups is 2. The van der Waals surface area contributed by atoms with E-state index in [1.807, 2.05) is 6.92 Å². The molecule has 2 aliphatic rings. The third-order valence-electron chi connectivity index (χ3n) is 11.3. The summed E-state index contributed by atoms with van der Waals surface area (Å²) in [4.78, 5) is 106. The number of hydrogen-bond donors (Lipinski definition) is 8. The van der Waals surface area contributed by atoms with Gasteiger partial charge in [-0.15, -0.1) is 0 Å². The third-order valence-corrected chi connectivity index (χ3v) is 11.6. The number of carbonyl (C=O) groups is 7. The molecule has 0 aliphatic carbocycles. The number of amides is 6. The fourth-order valence-electron chi connectivity index (χ4n) is 7.37. The molecule has 2 aliphatic heterocycles. The summed E-state index contributed by atoms with van der Waals surface area (Å²) in [6.07, 6.45) is -3.81. The van der Waals surface area contributed by atoms with Crippen LogP contribution in [0.4, 0.5) is 0 Å². The summed E-state index contributed by atoms with van der Waals surface area (Å²) in [6, 6.07) is -3.47. The first-order valence-electron chi connectivity index (χ1n) is 20.9. The second kappa shape index (κ2) is 24.0. The van der Waals surface area contributed by atoms with Crippen molar-refractivity contribution in [3.8, 4) is 5.75 Å². The van der Waals surface area contributed by atoms with E-state index in [0.717, 1.165) is 0 Å². The lowest BCUT2D eigenvalue weighted by Crippen LogP contribution is -2.66. The monoisotopic (exact) mass is 909 g/mol. The van der Waals surface area contributed by atoms with Crippen LogP contribution in [0.3, 0.4) is 0 Å². The van der Waals surface area contributed by atoms with Crippen LogP contribution in [0.5, 0.6) is 5.75 Å². The largest absolute Gasteiger partial charge is 0.495 e. The molecule has 2 heterocycles. The van der Waals surface area contributed by atoms with Gasteiger partial charge in [0, 0.05) is 27.1 Å². The molecule has 10 N–H and O–H groups in total. The van der Waals surface area contributed by atoms with Crippen molar-refractivity contribution in [3.63, 3.8) is 0 Å². The van der Waals surface area contributed by atoms with Crippen molar-refractivity contribution < 1.29 is 58.0 Å². The van der Waals surface area contributed by atoms with Crippen LogP contribution in [-0.2, 0) is 49.5 Å². The lowest BCUT2D eigenvalue weighted by molar-refractivity contribution is -0.171. The van der Waals surface area contributed by atoms with E-state index < -0.39 is 115 Å². The number of guanidine groups is 1. The van der Waals surface area contributed by atoms with Crippen molar-refractivity contribution in [1.29, 1.82) is 0 Å². The van der Waals surface area contributed by atoms with E-state index in [1.54, 1.807) is 39.0 Å². The minimum atomic E-state index is -1.98. The number of esters is 1. The molecule has 0 aromatic heterocycles. The number of likely N-dealkylation sites (N-methyl/N-ethyl adjacent to an activating group) is 1. The molecule has 2 fully saturated rings. The molecule has 352 valence electrons. The summed E-state index contributed by atoms with van der Waals surface area (Å²) in [5, 5.41) is 30.1. The Bertz CT molecular complexity index is 1830. The zero-order valence-corrected chi connectivity index (χ0v) is 37.8. The first kappa shape index (κ1) is 52.1. The second-order valence-electron chi connectivity index (χ2n) is 16.1. The molecule has 22 heteroatoms. The predicted molar refractivity (Wildman–Crippen MR) is 230 cm³/mol. The Morgan fingerprint density at radius 3 is 2.29 bits per heavy atom. The Balaban J connectivity index is 2.27. The van der Waals surface area contributed by atoms with Crippen LogP contribution in [0.2, 0.25) is 5.02 Å². The number of halogens is 1. The molecular weight excluding hydrogens is 846 g/mol. The van der Waals surface area contributed by atoms with Gasteiger partial charge in [0.15, 0.2) is 12.1 Å². The molecular formula is C41H64ClN9O12. The molecule has 63 heavy (non-hydrogen) atoms. The van der Waals surface area contributed by atoms with Gasteiger partial charge in [0.05, 0.1) is 18.7 Å². The number of nitrogens with two attached hydrogens (primary N) is 2. The van der Waals surface area contributed by atoms with Crippen LogP contribution in [0.1, 0.15) is 72.3 Å². The number of ether oxygens (including phenoxy) is 3. The van der Waals surface area contributed by atoms with Gasteiger partial charge >= 0.3 is 5.97 Å². The second-order valence-corrected chi connectivity index (χ2v) is 16.5. The minimum Gasteiger partial charge on any atom is -0.495 e. The Morgan fingerprint density at radius 2 is 1.71 bits per heavy atom. The highest BCUT2D eigenvalue weighted by atomic mass is 35.5. The van der Waals surface area contributed by atoms with E-state index >= 15 is 0 Å². The molecule has 0 spiro atoms. The van der Waals surface area contributed by atoms with E-state index in [4.69, 9.17) is 37.3 Å². The number of hydrogen-bond acceptors (Lipinski definition) is 13. The lowest BCUT2D eigenvalue weighted by atomic mass is 9.91. The topological polar surface area (TPSA) is 307 Å². The van der Waals surface area contributed by atoms with Crippen LogP contribution in [0.15, 0.2) is 23.2 Å². The number of nitrogens with one attached hydrogen (secondary N) is 4. The van der Waals surface area contributed by atoms with Crippen molar-refractivity contribution in [2.45, 2.75) is 128 Å². The lowest BCUT2D eigenvalue weighted by Gasteiger charge is -2.46. The number of piperidine rings is 1. The van der Waals surface area contributed by atoms with E-state index in [0.29, 0.717) is 17.7 Å². The molecule has 1 aromatic rings. The number of rotatable bonds is 14. The van der Waals surface area contributed by atoms with Crippen LogP contribution >= 0.6 is 11.6 Å². The molecule has 0 radical (unpaired) electrons. The number of carbonyl (C=O) groups excluding carboxylic acids is 7. The SMILES string of the molecule is CC[C@H](C)[C@H]1C(=O)N(C)[C@@H](Cc2ccc(OC)c(Cl)c2)C(=O)N[C@@H](C(C)C)C(=O)O[C@H](C)C(NC(=O)[C@H](O)CO)C(=O)N[C@@H](CCCN=C(N)N)C(=O)N[C@H]2CC[C@@H](OC)N1C2=O. The number of cyclic esters (lactones) is 1. The highest BCUT2D eigenvalue weighted by Crippen LogP contribution is 2.30. The van der Waals surface area contributed by atoms with Gasteiger partial charge in [-0.2, -0.15) is 0 Å². The van der Waals surface area contributed by atoms with Crippen molar-refractivity contribution in [3.05, 3.63) is 28.8 Å².